The molecule has 0 radical (unpaired) electrons. The molecule has 2 aromatic rings. The molecule has 5 heteroatoms. The van der Waals surface area contributed by atoms with E-state index in [1.807, 2.05) is 36.4 Å². The minimum Gasteiger partial charge on any atom is -0.399 e. The molecule has 1 saturated heterocycles. The maximum atomic E-state index is 11.6. The van der Waals surface area contributed by atoms with Crippen molar-refractivity contribution >= 4 is 18.5 Å². The summed E-state index contributed by atoms with van der Waals surface area (Å²) >= 11 is 0. The molecular formula is C20H24BNO3. The SMILES string of the molecule is CNC(=O)c1ccc(-c2ccc(B3OC(C)(C)C(C)(C)O3)cc2)cc1. The smallest absolute Gasteiger partial charge is 0.399 e. The summed E-state index contributed by atoms with van der Waals surface area (Å²) in [6.07, 6.45) is 0. The second kappa shape index (κ2) is 6.32. The average molecular weight is 337 g/mol. The third-order valence-electron chi connectivity index (χ3n) is 5.14. The summed E-state index contributed by atoms with van der Waals surface area (Å²) < 4.78 is 12.2. The monoisotopic (exact) mass is 337 g/mol. The highest BCUT2D eigenvalue weighted by Crippen LogP contribution is 2.36. The van der Waals surface area contributed by atoms with Crippen LogP contribution in [0.5, 0.6) is 0 Å². The lowest BCUT2D eigenvalue weighted by Gasteiger charge is -2.32. The highest BCUT2D eigenvalue weighted by atomic mass is 16.7. The molecule has 25 heavy (non-hydrogen) atoms. The van der Waals surface area contributed by atoms with Gasteiger partial charge in [0.15, 0.2) is 0 Å². The maximum absolute atomic E-state index is 11.6. The Labute approximate surface area is 149 Å². The van der Waals surface area contributed by atoms with Crippen LogP contribution in [0.25, 0.3) is 11.1 Å². The Balaban J connectivity index is 1.78. The van der Waals surface area contributed by atoms with E-state index in [1.54, 1.807) is 7.05 Å². The Bertz CT molecular complexity index is 751. The van der Waals surface area contributed by atoms with E-state index in [0.717, 1.165) is 16.6 Å². The van der Waals surface area contributed by atoms with Crippen LogP contribution in [0.15, 0.2) is 48.5 Å². The zero-order valence-electron chi connectivity index (χ0n) is 15.4. The van der Waals surface area contributed by atoms with Gasteiger partial charge < -0.3 is 14.6 Å². The molecule has 0 aromatic heterocycles. The van der Waals surface area contributed by atoms with Gasteiger partial charge in [-0.15, -0.1) is 0 Å². The fraction of sp³-hybridized carbons (Fsp3) is 0.350. The molecule has 1 aliphatic heterocycles. The van der Waals surface area contributed by atoms with Gasteiger partial charge in [-0.05, 0) is 56.4 Å². The van der Waals surface area contributed by atoms with Crippen molar-refractivity contribution in [2.45, 2.75) is 38.9 Å². The van der Waals surface area contributed by atoms with E-state index in [0.29, 0.717) is 5.56 Å². The quantitative estimate of drug-likeness (QED) is 0.876. The van der Waals surface area contributed by atoms with E-state index in [1.165, 1.54) is 0 Å². The first-order chi connectivity index (χ1) is 11.7. The molecule has 0 saturated carbocycles. The summed E-state index contributed by atoms with van der Waals surface area (Å²) in [7, 11) is 1.28. The van der Waals surface area contributed by atoms with Crippen molar-refractivity contribution in [3.05, 3.63) is 54.1 Å². The van der Waals surface area contributed by atoms with Crippen molar-refractivity contribution in [1.82, 2.24) is 5.32 Å². The van der Waals surface area contributed by atoms with Crippen molar-refractivity contribution in [2.24, 2.45) is 0 Å². The Kier molecular flexibility index (Phi) is 4.48. The lowest BCUT2D eigenvalue weighted by atomic mass is 9.78. The minimum atomic E-state index is -0.352. The molecule has 1 N–H and O–H groups in total. The average Bonchev–Trinajstić information content (AvgIpc) is 2.82. The Hall–Kier alpha value is -2.11. The number of rotatable bonds is 3. The molecule has 130 valence electrons. The Morgan fingerprint density at radius 1 is 0.840 bits per heavy atom. The fourth-order valence-electron chi connectivity index (χ4n) is 2.77. The lowest BCUT2D eigenvalue weighted by Crippen LogP contribution is -2.41. The van der Waals surface area contributed by atoms with Crippen LogP contribution in [0, 0.1) is 0 Å². The van der Waals surface area contributed by atoms with E-state index in [4.69, 9.17) is 9.31 Å². The van der Waals surface area contributed by atoms with Crippen LogP contribution in [-0.4, -0.2) is 31.3 Å². The van der Waals surface area contributed by atoms with Crippen LogP contribution in [0.4, 0.5) is 0 Å². The van der Waals surface area contributed by atoms with Gasteiger partial charge in [0.1, 0.15) is 0 Å². The topological polar surface area (TPSA) is 47.6 Å². The summed E-state index contributed by atoms with van der Waals surface area (Å²) in [6.45, 7) is 8.20. The normalized spacial score (nSPS) is 18.2. The van der Waals surface area contributed by atoms with Crippen LogP contribution < -0.4 is 10.8 Å². The molecule has 1 heterocycles. The van der Waals surface area contributed by atoms with E-state index in [2.05, 4.69) is 45.1 Å². The minimum absolute atomic E-state index is 0.0809. The fourth-order valence-corrected chi connectivity index (χ4v) is 2.77. The van der Waals surface area contributed by atoms with Gasteiger partial charge >= 0.3 is 7.12 Å². The Morgan fingerprint density at radius 2 is 1.28 bits per heavy atom. The van der Waals surface area contributed by atoms with Crippen molar-refractivity contribution in [3.8, 4) is 11.1 Å². The predicted octanol–water partition coefficient (Wildman–Crippen LogP) is 3.01. The van der Waals surface area contributed by atoms with Crippen molar-refractivity contribution < 1.29 is 14.1 Å². The van der Waals surface area contributed by atoms with E-state index >= 15 is 0 Å². The van der Waals surface area contributed by atoms with Crippen LogP contribution in [0.1, 0.15) is 38.1 Å². The number of hydrogen-bond donors (Lipinski definition) is 1. The number of hydrogen-bond acceptors (Lipinski definition) is 3. The number of carbonyl (C=O) groups is 1. The summed E-state index contributed by atoms with van der Waals surface area (Å²) in [5.74, 6) is -0.0809. The largest absolute Gasteiger partial charge is 0.494 e. The van der Waals surface area contributed by atoms with Gasteiger partial charge in [-0.1, -0.05) is 36.4 Å². The molecule has 3 rings (SSSR count). The molecule has 0 bridgehead atoms. The Morgan fingerprint density at radius 3 is 1.72 bits per heavy atom. The molecule has 0 aliphatic carbocycles. The van der Waals surface area contributed by atoms with Crippen molar-refractivity contribution in [3.63, 3.8) is 0 Å². The van der Waals surface area contributed by atoms with E-state index in [9.17, 15) is 4.79 Å². The molecule has 0 spiro atoms. The van der Waals surface area contributed by atoms with E-state index < -0.39 is 0 Å². The second-order valence-electron chi connectivity index (χ2n) is 7.37. The molecule has 0 unspecified atom stereocenters. The van der Waals surface area contributed by atoms with Crippen LogP contribution in [0.3, 0.4) is 0 Å². The van der Waals surface area contributed by atoms with Gasteiger partial charge in [0.05, 0.1) is 11.2 Å². The molecule has 4 nitrogen and oxygen atoms in total. The molecular weight excluding hydrogens is 313 g/mol. The molecule has 2 aromatic carbocycles. The van der Waals surface area contributed by atoms with Gasteiger partial charge in [0, 0.05) is 12.6 Å². The van der Waals surface area contributed by atoms with Crippen molar-refractivity contribution in [1.29, 1.82) is 0 Å². The molecule has 1 fully saturated rings. The second-order valence-corrected chi connectivity index (χ2v) is 7.37. The first kappa shape index (κ1) is 17.7. The molecule has 1 amide bonds. The number of nitrogens with one attached hydrogen (secondary N) is 1. The van der Waals surface area contributed by atoms with E-state index in [-0.39, 0.29) is 24.2 Å². The molecule has 1 aliphatic rings. The number of amides is 1. The third-order valence-corrected chi connectivity index (χ3v) is 5.14. The zero-order valence-corrected chi connectivity index (χ0v) is 15.4. The van der Waals surface area contributed by atoms with Crippen LogP contribution in [0.2, 0.25) is 0 Å². The maximum Gasteiger partial charge on any atom is 0.494 e. The summed E-state index contributed by atoms with van der Waals surface area (Å²) in [6, 6.07) is 15.7. The summed E-state index contributed by atoms with van der Waals surface area (Å²) in [5, 5.41) is 2.63. The summed E-state index contributed by atoms with van der Waals surface area (Å²) in [4.78, 5) is 11.6. The van der Waals surface area contributed by atoms with Gasteiger partial charge in [-0.25, -0.2) is 0 Å². The first-order valence-electron chi connectivity index (χ1n) is 8.52. The van der Waals surface area contributed by atoms with Gasteiger partial charge in [-0.3, -0.25) is 4.79 Å². The number of carbonyl (C=O) groups excluding carboxylic acids is 1. The molecule has 0 atom stereocenters. The van der Waals surface area contributed by atoms with Gasteiger partial charge in [-0.2, -0.15) is 0 Å². The number of benzene rings is 2. The van der Waals surface area contributed by atoms with Gasteiger partial charge in [0.25, 0.3) is 5.91 Å². The highest BCUT2D eigenvalue weighted by molar-refractivity contribution is 6.62. The highest BCUT2D eigenvalue weighted by Gasteiger charge is 2.51. The first-order valence-corrected chi connectivity index (χ1v) is 8.52. The predicted molar refractivity (Wildman–Crippen MR) is 101 cm³/mol. The van der Waals surface area contributed by atoms with Crippen LogP contribution in [-0.2, 0) is 9.31 Å². The summed E-state index contributed by atoms with van der Waals surface area (Å²) in [5.41, 5.74) is 3.12. The zero-order chi connectivity index (χ0) is 18.2. The lowest BCUT2D eigenvalue weighted by molar-refractivity contribution is 0.00578. The van der Waals surface area contributed by atoms with Gasteiger partial charge in [0.2, 0.25) is 0 Å². The van der Waals surface area contributed by atoms with Crippen molar-refractivity contribution in [2.75, 3.05) is 7.05 Å². The van der Waals surface area contributed by atoms with Crippen LogP contribution >= 0.6 is 0 Å². The third kappa shape index (κ3) is 3.35. The standard InChI is InChI=1S/C20H24BNO3/c1-19(2)20(3,4)25-21(24-19)17-12-10-15(11-13-17)14-6-8-16(9-7-14)18(23)22-5/h6-13H,1-5H3,(H,22,23).